The minimum absolute atomic E-state index is 0.368. The van der Waals surface area contributed by atoms with Gasteiger partial charge >= 0.3 is 0 Å². The first-order valence-electron chi connectivity index (χ1n) is 6.24. The van der Waals surface area contributed by atoms with E-state index in [1.165, 1.54) is 0 Å². The molecule has 1 amide bonds. The molecule has 2 aromatic rings. The lowest BCUT2D eigenvalue weighted by atomic mass is 10.1. The minimum atomic E-state index is -0.553. The zero-order valence-electron chi connectivity index (χ0n) is 11.3. The maximum absolute atomic E-state index is 11.4. The van der Waals surface area contributed by atoms with Crippen LogP contribution in [0.2, 0.25) is 10.0 Å². The highest BCUT2D eigenvalue weighted by molar-refractivity contribution is 6.35. The molecule has 0 spiro atoms. The highest BCUT2D eigenvalue weighted by Crippen LogP contribution is 2.23. The Morgan fingerprint density at radius 1 is 1.19 bits per heavy atom. The fourth-order valence-electron chi connectivity index (χ4n) is 1.87. The van der Waals surface area contributed by atoms with Crippen LogP contribution >= 0.6 is 23.2 Å². The van der Waals surface area contributed by atoms with Crippen molar-refractivity contribution in [1.29, 1.82) is 0 Å². The first kappa shape index (κ1) is 15.6. The van der Waals surface area contributed by atoms with Crippen molar-refractivity contribution >= 4 is 34.8 Å². The number of aryl methyl sites for hydroxylation is 1. The topological polar surface area (TPSA) is 61.4 Å². The molecule has 0 heterocycles. The minimum Gasteiger partial charge on any atom is -0.381 e. The molecule has 0 fully saturated rings. The van der Waals surface area contributed by atoms with Crippen LogP contribution in [0.25, 0.3) is 0 Å². The Bertz CT molecular complexity index is 675. The van der Waals surface area contributed by atoms with Gasteiger partial charge < -0.3 is 5.32 Å². The average Bonchev–Trinajstić information content (AvgIpc) is 2.47. The number of hydroxylamine groups is 1. The van der Waals surface area contributed by atoms with Crippen molar-refractivity contribution in [3.05, 3.63) is 63.1 Å². The first-order valence-corrected chi connectivity index (χ1v) is 6.99. The highest BCUT2D eigenvalue weighted by Gasteiger charge is 2.08. The van der Waals surface area contributed by atoms with Crippen LogP contribution in [-0.4, -0.2) is 11.1 Å². The highest BCUT2D eigenvalue weighted by atomic mass is 35.5. The van der Waals surface area contributed by atoms with Crippen LogP contribution in [0.5, 0.6) is 0 Å². The lowest BCUT2D eigenvalue weighted by molar-refractivity contribution is 0.0706. The van der Waals surface area contributed by atoms with Crippen molar-refractivity contribution in [3.8, 4) is 0 Å². The van der Waals surface area contributed by atoms with Crippen LogP contribution in [0.15, 0.2) is 36.4 Å². The summed E-state index contributed by atoms with van der Waals surface area (Å²) >= 11 is 12.0. The number of hydrogen-bond donors (Lipinski definition) is 3. The van der Waals surface area contributed by atoms with E-state index in [0.29, 0.717) is 22.2 Å². The van der Waals surface area contributed by atoms with Gasteiger partial charge in [0.25, 0.3) is 5.91 Å². The van der Waals surface area contributed by atoms with Crippen LogP contribution in [0, 0.1) is 6.92 Å². The average molecular weight is 325 g/mol. The van der Waals surface area contributed by atoms with Gasteiger partial charge in [-0.1, -0.05) is 35.3 Å². The maximum atomic E-state index is 11.4. The number of carbonyl (C=O) groups is 1. The van der Waals surface area contributed by atoms with Gasteiger partial charge in [-0.2, -0.15) is 0 Å². The molecule has 0 aliphatic carbocycles. The van der Waals surface area contributed by atoms with Gasteiger partial charge in [0.15, 0.2) is 0 Å². The fourth-order valence-corrected chi connectivity index (χ4v) is 2.35. The molecule has 2 rings (SSSR count). The molecule has 0 saturated carbocycles. The van der Waals surface area contributed by atoms with E-state index in [1.807, 2.05) is 13.0 Å². The summed E-state index contributed by atoms with van der Waals surface area (Å²) < 4.78 is 0. The van der Waals surface area contributed by atoms with Crippen molar-refractivity contribution in [3.63, 3.8) is 0 Å². The molecule has 110 valence electrons. The number of benzene rings is 2. The van der Waals surface area contributed by atoms with Crippen LogP contribution in [0.4, 0.5) is 5.69 Å². The molecule has 21 heavy (non-hydrogen) atoms. The van der Waals surface area contributed by atoms with Crippen LogP contribution < -0.4 is 10.8 Å². The molecule has 3 N–H and O–H groups in total. The second-order valence-corrected chi connectivity index (χ2v) is 5.40. The number of halogens is 2. The van der Waals surface area contributed by atoms with E-state index in [0.717, 1.165) is 16.8 Å². The predicted octanol–water partition coefficient (Wildman–Crippen LogP) is 4.03. The van der Waals surface area contributed by atoms with Gasteiger partial charge in [0, 0.05) is 27.8 Å². The maximum Gasteiger partial charge on any atom is 0.274 e. The molecule has 4 nitrogen and oxygen atoms in total. The van der Waals surface area contributed by atoms with Crippen LogP contribution in [-0.2, 0) is 6.54 Å². The van der Waals surface area contributed by atoms with Crippen LogP contribution in [0.1, 0.15) is 21.5 Å². The number of carbonyl (C=O) groups excluding carboxylic acids is 1. The van der Waals surface area contributed by atoms with Gasteiger partial charge in [0.1, 0.15) is 0 Å². The summed E-state index contributed by atoms with van der Waals surface area (Å²) in [5.74, 6) is -0.553. The molecular formula is C15H14Cl2N2O2. The summed E-state index contributed by atoms with van der Waals surface area (Å²) in [4.78, 5) is 11.4. The van der Waals surface area contributed by atoms with Gasteiger partial charge in [0.2, 0.25) is 0 Å². The SMILES string of the molecule is Cc1ccc(C(=O)NO)cc1NCc1ccc(Cl)cc1Cl. The van der Waals surface area contributed by atoms with Crippen molar-refractivity contribution in [1.82, 2.24) is 5.48 Å². The number of hydrogen-bond acceptors (Lipinski definition) is 3. The van der Waals surface area contributed by atoms with E-state index < -0.39 is 5.91 Å². The lowest BCUT2D eigenvalue weighted by Gasteiger charge is -2.12. The van der Waals surface area contributed by atoms with Gasteiger partial charge in [-0.15, -0.1) is 0 Å². The third-order valence-electron chi connectivity index (χ3n) is 3.09. The standard InChI is InChI=1S/C15H14Cl2N2O2/c1-9-2-3-10(15(20)19-21)6-14(9)18-8-11-4-5-12(16)7-13(11)17/h2-7,18,21H,8H2,1H3,(H,19,20). The summed E-state index contributed by atoms with van der Waals surface area (Å²) in [6, 6.07) is 10.4. The third kappa shape index (κ3) is 3.88. The molecule has 0 aromatic heterocycles. The van der Waals surface area contributed by atoms with E-state index in [-0.39, 0.29) is 0 Å². The van der Waals surface area contributed by atoms with Crippen molar-refractivity contribution < 1.29 is 10.0 Å². The first-order chi connectivity index (χ1) is 10.0. The van der Waals surface area contributed by atoms with Crippen molar-refractivity contribution in [2.75, 3.05) is 5.32 Å². The monoisotopic (exact) mass is 324 g/mol. The molecule has 0 aliphatic rings. The van der Waals surface area contributed by atoms with Gasteiger partial charge in [0.05, 0.1) is 0 Å². The normalized spacial score (nSPS) is 10.3. The van der Waals surface area contributed by atoms with E-state index in [4.69, 9.17) is 28.4 Å². The summed E-state index contributed by atoms with van der Waals surface area (Å²) in [5.41, 5.74) is 4.66. The Morgan fingerprint density at radius 3 is 2.62 bits per heavy atom. The molecule has 0 atom stereocenters. The molecule has 6 heteroatoms. The summed E-state index contributed by atoms with van der Waals surface area (Å²) in [6.45, 7) is 2.42. The number of rotatable bonds is 4. The Hall–Kier alpha value is -1.75. The molecular weight excluding hydrogens is 311 g/mol. The lowest BCUT2D eigenvalue weighted by Crippen LogP contribution is -2.18. The van der Waals surface area contributed by atoms with E-state index in [2.05, 4.69) is 5.32 Å². The molecule has 0 unspecified atom stereocenters. The predicted molar refractivity (Wildman–Crippen MR) is 84.2 cm³/mol. The molecule has 0 radical (unpaired) electrons. The Balaban J connectivity index is 2.17. The Kier molecular flexibility index (Phi) is 5.07. The summed E-state index contributed by atoms with van der Waals surface area (Å²) in [5, 5.41) is 13.1. The molecule has 2 aromatic carbocycles. The quantitative estimate of drug-likeness (QED) is 0.587. The van der Waals surface area contributed by atoms with Gasteiger partial charge in [-0.3, -0.25) is 10.0 Å². The van der Waals surface area contributed by atoms with Crippen molar-refractivity contribution in [2.24, 2.45) is 0 Å². The van der Waals surface area contributed by atoms with E-state index in [1.54, 1.807) is 35.8 Å². The largest absolute Gasteiger partial charge is 0.381 e. The van der Waals surface area contributed by atoms with Gasteiger partial charge in [-0.05, 0) is 42.3 Å². The Labute approximate surface area is 132 Å². The number of amides is 1. The molecule has 0 aliphatic heterocycles. The smallest absolute Gasteiger partial charge is 0.274 e. The molecule has 0 bridgehead atoms. The zero-order valence-corrected chi connectivity index (χ0v) is 12.8. The fraction of sp³-hybridized carbons (Fsp3) is 0.133. The van der Waals surface area contributed by atoms with Crippen molar-refractivity contribution in [2.45, 2.75) is 13.5 Å². The number of anilines is 1. The van der Waals surface area contributed by atoms with E-state index in [9.17, 15) is 4.79 Å². The second-order valence-electron chi connectivity index (χ2n) is 4.56. The summed E-state index contributed by atoms with van der Waals surface area (Å²) in [7, 11) is 0. The van der Waals surface area contributed by atoms with Gasteiger partial charge in [-0.25, -0.2) is 5.48 Å². The van der Waals surface area contributed by atoms with E-state index >= 15 is 0 Å². The zero-order chi connectivity index (χ0) is 15.4. The molecule has 0 saturated heterocycles. The summed E-state index contributed by atoms with van der Waals surface area (Å²) in [6.07, 6.45) is 0. The second kappa shape index (κ2) is 6.80. The third-order valence-corrected chi connectivity index (χ3v) is 3.67. The Morgan fingerprint density at radius 2 is 1.95 bits per heavy atom. The number of nitrogens with one attached hydrogen (secondary N) is 2. The van der Waals surface area contributed by atoms with Crippen LogP contribution in [0.3, 0.4) is 0 Å².